The number of ether oxygens (including phenoxy) is 2. The molecule has 0 saturated heterocycles. The summed E-state index contributed by atoms with van der Waals surface area (Å²) in [6, 6.07) is 12.2. The molecule has 0 spiro atoms. The molecule has 0 radical (unpaired) electrons. The van der Waals surface area contributed by atoms with Crippen LogP contribution in [0.15, 0.2) is 42.6 Å². The van der Waals surface area contributed by atoms with E-state index in [4.69, 9.17) is 26.1 Å². The van der Waals surface area contributed by atoms with Gasteiger partial charge in [-0.05, 0) is 48.4 Å². The van der Waals surface area contributed by atoms with Crippen LogP contribution in [-0.4, -0.2) is 55.2 Å². The van der Waals surface area contributed by atoms with Crippen molar-refractivity contribution >= 4 is 40.7 Å². The second-order valence-electron chi connectivity index (χ2n) is 9.72. The van der Waals surface area contributed by atoms with E-state index < -0.39 is 5.41 Å². The quantitative estimate of drug-likeness (QED) is 0.475. The van der Waals surface area contributed by atoms with Crippen LogP contribution in [0.1, 0.15) is 30.0 Å². The maximum Gasteiger partial charge on any atom is 0.306 e. The summed E-state index contributed by atoms with van der Waals surface area (Å²) in [5.74, 6) is 1.48. The van der Waals surface area contributed by atoms with Gasteiger partial charge < -0.3 is 24.6 Å². The van der Waals surface area contributed by atoms with E-state index in [0.717, 1.165) is 42.2 Å². The number of hydrogen-bond donors (Lipinski definition) is 1. The van der Waals surface area contributed by atoms with Gasteiger partial charge in [-0.25, -0.2) is 4.98 Å². The van der Waals surface area contributed by atoms with Crippen LogP contribution in [-0.2, 0) is 27.9 Å². The summed E-state index contributed by atoms with van der Waals surface area (Å²) in [6.07, 6.45) is 2.85. The van der Waals surface area contributed by atoms with Gasteiger partial charge in [-0.15, -0.1) is 0 Å². The van der Waals surface area contributed by atoms with Gasteiger partial charge in [0.1, 0.15) is 10.8 Å². The lowest BCUT2D eigenvalue weighted by Crippen LogP contribution is -2.32. The lowest BCUT2D eigenvalue weighted by molar-refractivity contribution is -0.141. The van der Waals surface area contributed by atoms with Gasteiger partial charge in [-0.3, -0.25) is 4.79 Å². The fourth-order valence-corrected chi connectivity index (χ4v) is 5.39. The summed E-state index contributed by atoms with van der Waals surface area (Å²) in [4.78, 5) is 25.8. The highest BCUT2D eigenvalue weighted by atomic mass is 35.5. The number of nitrogens with zero attached hydrogens (tertiary/aromatic N) is 4. The maximum absolute atomic E-state index is 12.2. The molecule has 1 unspecified atom stereocenters. The smallest absolute Gasteiger partial charge is 0.306 e. The molecule has 1 aromatic heterocycles. The van der Waals surface area contributed by atoms with Crippen LogP contribution in [0.4, 0.5) is 23.1 Å². The van der Waals surface area contributed by atoms with Crippen molar-refractivity contribution in [3.05, 3.63) is 64.3 Å². The SMILES string of the molecule is COC(=O)CC1(C)CN(c2nc(Nc3cc4c(cc3OC)CCN(C)C4)ncc2Cl)c2ccccc21. The number of aromatic nitrogens is 2. The Kier molecular flexibility index (Phi) is 6.49. The van der Waals surface area contributed by atoms with E-state index in [2.05, 4.69) is 41.3 Å². The predicted octanol–water partition coefficient (Wildman–Crippen LogP) is 4.84. The molecule has 0 saturated carbocycles. The van der Waals surface area contributed by atoms with Gasteiger partial charge in [0.25, 0.3) is 0 Å². The number of nitrogens with one attached hydrogen (secondary N) is 1. The predicted molar refractivity (Wildman–Crippen MR) is 141 cm³/mol. The molecule has 188 valence electrons. The Morgan fingerprint density at radius 2 is 2.03 bits per heavy atom. The lowest BCUT2D eigenvalue weighted by atomic mass is 9.81. The number of carbonyl (C=O) groups excluding carboxylic acids is 1. The van der Waals surface area contributed by atoms with E-state index in [1.165, 1.54) is 18.2 Å². The van der Waals surface area contributed by atoms with Crippen molar-refractivity contribution in [1.82, 2.24) is 14.9 Å². The number of esters is 1. The van der Waals surface area contributed by atoms with Crippen molar-refractivity contribution in [3.63, 3.8) is 0 Å². The maximum atomic E-state index is 12.2. The number of fused-ring (bicyclic) bond motifs is 2. The third kappa shape index (κ3) is 4.47. The van der Waals surface area contributed by atoms with E-state index in [1.54, 1.807) is 13.3 Å². The van der Waals surface area contributed by atoms with Crippen LogP contribution < -0.4 is 15.0 Å². The van der Waals surface area contributed by atoms with Gasteiger partial charge in [0, 0.05) is 30.7 Å². The van der Waals surface area contributed by atoms with E-state index >= 15 is 0 Å². The minimum Gasteiger partial charge on any atom is -0.495 e. The molecular weight excluding hydrogens is 478 g/mol. The summed E-state index contributed by atoms with van der Waals surface area (Å²) in [6.45, 7) is 4.50. The van der Waals surface area contributed by atoms with Gasteiger partial charge in [0.05, 0.1) is 32.5 Å². The Balaban J connectivity index is 1.49. The highest BCUT2D eigenvalue weighted by molar-refractivity contribution is 6.33. The monoisotopic (exact) mass is 507 g/mol. The fourth-order valence-electron chi connectivity index (χ4n) is 5.19. The molecule has 0 aliphatic carbocycles. The van der Waals surface area contributed by atoms with Crippen molar-refractivity contribution in [3.8, 4) is 5.75 Å². The minimum atomic E-state index is -0.445. The standard InChI is InChI=1S/C27H30ClN5O3/c1-27(13-24(34)36-4)16-33(22-8-6-5-7-19(22)27)25-20(28)14-29-26(31-25)30-21-11-18-15-32(2)10-9-17(18)12-23(21)35-3/h5-8,11-12,14H,9-10,13,15-16H2,1-4H3,(H,29,30,31). The summed E-state index contributed by atoms with van der Waals surface area (Å²) in [7, 11) is 5.20. The summed E-state index contributed by atoms with van der Waals surface area (Å²) in [5.41, 5.74) is 4.93. The van der Waals surface area contributed by atoms with E-state index in [9.17, 15) is 4.79 Å². The fraction of sp³-hybridized carbons (Fsp3) is 0.370. The first-order chi connectivity index (χ1) is 17.3. The number of carbonyl (C=O) groups is 1. The molecule has 1 atom stereocenters. The first-order valence-electron chi connectivity index (χ1n) is 11.9. The Hall–Kier alpha value is -3.36. The number of methoxy groups -OCH3 is 2. The number of para-hydroxylation sites is 1. The molecule has 2 aliphatic heterocycles. The van der Waals surface area contributed by atoms with Crippen LogP contribution in [0.3, 0.4) is 0 Å². The zero-order valence-electron chi connectivity index (χ0n) is 21.0. The molecule has 9 heteroatoms. The normalized spacial score (nSPS) is 19.0. The van der Waals surface area contributed by atoms with Crippen molar-refractivity contribution in [2.45, 2.75) is 31.7 Å². The Morgan fingerprint density at radius 3 is 2.81 bits per heavy atom. The van der Waals surface area contributed by atoms with Crippen LogP contribution >= 0.6 is 11.6 Å². The molecule has 0 bridgehead atoms. The molecular formula is C27H30ClN5O3. The summed E-state index contributed by atoms with van der Waals surface area (Å²) < 4.78 is 10.7. The lowest BCUT2D eigenvalue weighted by Gasteiger charge is -2.27. The average molecular weight is 508 g/mol. The van der Waals surface area contributed by atoms with Gasteiger partial charge in [-0.1, -0.05) is 36.7 Å². The number of anilines is 4. The Labute approximate surface area is 216 Å². The minimum absolute atomic E-state index is 0.254. The molecule has 2 aromatic carbocycles. The van der Waals surface area contributed by atoms with Crippen molar-refractivity contribution in [1.29, 1.82) is 0 Å². The second kappa shape index (κ2) is 9.59. The van der Waals surface area contributed by atoms with Gasteiger partial charge in [-0.2, -0.15) is 4.98 Å². The molecule has 2 aliphatic rings. The Morgan fingerprint density at radius 1 is 1.22 bits per heavy atom. The third-order valence-electron chi connectivity index (χ3n) is 7.07. The molecule has 36 heavy (non-hydrogen) atoms. The van der Waals surface area contributed by atoms with E-state index in [0.29, 0.717) is 23.3 Å². The number of hydrogen-bond acceptors (Lipinski definition) is 8. The van der Waals surface area contributed by atoms with Crippen molar-refractivity contribution < 1.29 is 14.3 Å². The largest absolute Gasteiger partial charge is 0.495 e. The number of likely N-dealkylation sites (N-methyl/N-ethyl adjacent to an activating group) is 1. The van der Waals surface area contributed by atoms with Crippen molar-refractivity contribution in [2.75, 3.05) is 44.6 Å². The molecule has 5 rings (SSSR count). The molecule has 0 amide bonds. The Bertz CT molecular complexity index is 1320. The molecule has 3 heterocycles. The molecule has 1 N–H and O–H groups in total. The summed E-state index contributed by atoms with van der Waals surface area (Å²) >= 11 is 6.63. The first-order valence-corrected chi connectivity index (χ1v) is 12.3. The molecule has 3 aromatic rings. The summed E-state index contributed by atoms with van der Waals surface area (Å²) in [5, 5.41) is 3.77. The second-order valence-corrected chi connectivity index (χ2v) is 10.1. The number of halogens is 1. The molecule has 0 fully saturated rings. The highest BCUT2D eigenvalue weighted by Gasteiger charge is 2.42. The van der Waals surface area contributed by atoms with Gasteiger partial charge >= 0.3 is 5.97 Å². The topological polar surface area (TPSA) is 79.8 Å². The van der Waals surface area contributed by atoms with E-state index in [1.807, 2.05) is 29.2 Å². The zero-order chi connectivity index (χ0) is 25.4. The van der Waals surface area contributed by atoms with E-state index in [-0.39, 0.29) is 12.4 Å². The first kappa shape index (κ1) is 24.3. The zero-order valence-corrected chi connectivity index (χ0v) is 21.7. The molecule has 8 nitrogen and oxygen atoms in total. The van der Waals surface area contributed by atoms with Crippen molar-refractivity contribution in [2.24, 2.45) is 0 Å². The van der Waals surface area contributed by atoms with Gasteiger partial charge in [0.15, 0.2) is 5.82 Å². The van der Waals surface area contributed by atoms with Crippen LogP contribution in [0.5, 0.6) is 5.75 Å². The average Bonchev–Trinajstić information content (AvgIpc) is 3.16. The number of rotatable bonds is 6. The van der Waals surface area contributed by atoms with Crippen LogP contribution in [0.25, 0.3) is 0 Å². The van der Waals surface area contributed by atoms with Crippen LogP contribution in [0, 0.1) is 0 Å². The third-order valence-corrected chi connectivity index (χ3v) is 7.33. The number of benzene rings is 2. The van der Waals surface area contributed by atoms with Crippen LogP contribution in [0.2, 0.25) is 5.02 Å². The highest BCUT2D eigenvalue weighted by Crippen LogP contribution is 2.47. The van der Waals surface area contributed by atoms with Gasteiger partial charge in [0.2, 0.25) is 5.95 Å².